The minimum Gasteiger partial charge on any atom is -0.381 e. The Morgan fingerprint density at radius 3 is 2.65 bits per heavy atom. The van der Waals surface area contributed by atoms with E-state index < -0.39 is 0 Å². The molecule has 0 bridgehead atoms. The molecule has 0 saturated carbocycles. The lowest BCUT2D eigenvalue weighted by atomic mass is 10.0. The summed E-state index contributed by atoms with van der Waals surface area (Å²) in [6, 6.07) is 1.95. The summed E-state index contributed by atoms with van der Waals surface area (Å²) in [4.78, 5) is 8.35. The number of hydrogen-bond donors (Lipinski definition) is 2. The van der Waals surface area contributed by atoms with Crippen LogP contribution in [0.4, 0.5) is 11.6 Å². The van der Waals surface area contributed by atoms with Crippen LogP contribution in [0, 0.1) is 5.92 Å². The summed E-state index contributed by atoms with van der Waals surface area (Å²) >= 11 is 0. The number of aromatic nitrogens is 2. The Morgan fingerprint density at radius 2 is 1.94 bits per heavy atom. The van der Waals surface area contributed by atoms with E-state index in [2.05, 4.69) is 27.5 Å². The molecule has 94 valence electrons. The molecule has 0 aliphatic carbocycles. The van der Waals surface area contributed by atoms with Gasteiger partial charge in [-0.25, -0.2) is 9.97 Å². The van der Waals surface area contributed by atoms with Gasteiger partial charge in [0.2, 0.25) is 0 Å². The van der Waals surface area contributed by atoms with Crippen molar-refractivity contribution >= 4 is 11.6 Å². The van der Waals surface area contributed by atoms with Gasteiger partial charge in [0.15, 0.2) is 0 Å². The Balaban J connectivity index is 1.83. The third-order valence-electron chi connectivity index (χ3n) is 2.94. The maximum Gasteiger partial charge on any atom is 0.131 e. The molecule has 2 N–H and O–H groups in total. The van der Waals surface area contributed by atoms with Gasteiger partial charge in [-0.3, -0.25) is 0 Å². The molecule has 1 fully saturated rings. The van der Waals surface area contributed by atoms with Crippen molar-refractivity contribution in [3.05, 3.63) is 12.4 Å². The van der Waals surface area contributed by atoms with Crippen molar-refractivity contribution in [2.45, 2.75) is 19.8 Å². The highest BCUT2D eigenvalue weighted by Gasteiger charge is 2.13. The number of nitrogens with one attached hydrogen (secondary N) is 2. The van der Waals surface area contributed by atoms with E-state index in [4.69, 9.17) is 4.74 Å². The Morgan fingerprint density at radius 1 is 1.24 bits per heavy atom. The van der Waals surface area contributed by atoms with Crippen LogP contribution in [0.2, 0.25) is 0 Å². The Labute approximate surface area is 102 Å². The van der Waals surface area contributed by atoms with Gasteiger partial charge in [-0.05, 0) is 25.7 Å². The molecule has 1 aromatic heterocycles. The monoisotopic (exact) mass is 236 g/mol. The van der Waals surface area contributed by atoms with Gasteiger partial charge in [0.25, 0.3) is 0 Å². The number of ether oxygens (including phenoxy) is 1. The van der Waals surface area contributed by atoms with Crippen LogP contribution >= 0.6 is 0 Å². The largest absolute Gasteiger partial charge is 0.381 e. The second kappa shape index (κ2) is 6.39. The fraction of sp³-hybridized carbons (Fsp3) is 0.667. The zero-order valence-corrected chi connectivity index (χ0v) is 10.3. The van der Waals surface area contributed by atoms with Gasteiger partial charge in [-0.2, -0.15) is 0 Å². The average Bonchev–Trinajstić information content (AvgIpc) is 2.39. The van der Waals surface area contributed by atoms with Crippen molar-refractivity contribution < 1.29 is 4.74 Å². The minimum absolute atomic E-state index is 0.696. The fourth-order valence-electron chi connectivity index (χ4n) is 1.93. The van der Waals surface area contributed by atoms with Crippen LogP contribution in [0.3, 0.4) is 0 Å². The molecule has 1 saturated heterocycles. The van der Waals surface area contributed by atoms with E-state index in [9.17, 15) is 0 Å². The van der Waals surface area contributed by atoms with Crippen LogP contribution in [0.5, 0.6) is 0 Å². The number of nitrogens with zero attached hydrogens (tertiary/aromatic N) is 2. The predicted molar refractivity (Wildman–Crippen MR) is 68.2 cm³/mol. The molecular weight excluding hydrogens is 216 g/mol. The zero-order valence-electron chi connectivity index (χ0n) is 10.3. The molecule has 17 heavy (non-hydrogen) atoms. The van der Waals surface area contributed by atoms with E-state index in [0.29, 0.717) is 5.92 Å². The summed E-state index contributed by atoms with van der Waals surface area (Å²) in [7, 11) is 0. The molecule has 5 nitrogen and oxygen atoms in total. The predicted octanol–water partition coefficient (Wildman–Crippen LogP) is 1.75. The lowest BCUT2D eigenvalue weighted by Gasteiger charge is -2.22. The van der Waals surface area contributed by atoms with Crippen molar-refractivity contribution in [1.29, 1.82) is 0 Å². The smallest absolute Gasteiger partial charge is 0.131 e. The fourth-order valence-corrected chi connectivity index (χ4v) is 1.93. The Hall–Kier alpha value is -1.36. The summed E-state index contributed by atoms with van der Waals surface area (Å²) in [5, 5.41) is 6.54. The molecule has 0 unspecified atom stereocenters. The van der Waals surface area contributed by atoms with E-state index >= 15 is 0 Å². The van der Waals surface area contributed by atoms with E-state index in [1.807, 2.05) is 6.07 Å². The quantitative estimate of drug-likeness (QED) is 0.815. The molecule has 1 aliphatic heterocycles. The summed E-state index contributed by atoms with van der Waals surface area (Å²) in [6.45, 7) is 5.66. The molecule has 0 amide bonds. The first-order chi connectivity index (χ1) is 8.38. The van der Waals surface area contributed by atoms with Crippen LogP contribution in [-0.2, 0) is 4.74 Å². The van der Waals surface area contributed by atoms with Crippen LogP contribution in [0.25, 0.3) is 0 Å². The van der Waals surface area contributed by atoms with Crippen LogP contribution < -0.4 is 10.6 Å². The van der Waals surface area contributed by atoms with Gasteiger partial charge < -0.3 is 15.4 Å². The second-order valence-electron chi connectivity index (χ2n) is 4.26. The topological polar surface area (TPSA) is 59.1 Å². The first kappa shape index (κ1) is 12.1. The Bertz CT molecular complexity index is 339. The van der Waals surface area contributed by atoms with E-state index in [-0.39, 0.29) is 0 Å². The first-order valence-electron chi connectivity index (χ1n) is 6.26. The number of anilines is 2. The molecule has 1 aromatic rings. The van der Waals surface area contributed by atoms with Crippen LogP contribution in [0.1, 0.15) is 19.8 Å². The van der Waals surface area contributed by atoms with Crippen LogP contribution in [-0.4, -0.2) is 36.3 Å². The SMILES string of the molecule is CCNc1cc(NCC2CCOCC2)ncn1. The number of rotatable bonds is 5. The highest BCUT2D eigenvalue weighted by molar-refractivity contribution is 5.46. The highest BCUT2D eigenvalue weighted by atomic mass is 16.5. The molecule has 1 aliphatic rings. The van der Waals surface area contributed by atoms with Crippen molar-refractivity contribution in [3.8, 4) is 0 Å². The summed E-state index contributed by atoms with van der Waals surface area (Å²) in [5.41, 5.74) is 0. The van der Waals surface area contributed by atoms with Crippen molar-refractivity contribution in [1.82, 2.24) is 9.97 Å². The standard InChI is InChI=1S/C12H20N4O/c1-2-13-11-7-12(16-9-15-11)14-8-10-3-5-17-6-4-10/h7,9-10H,2-6,8H2,1H3,(H2,13,14,15,16). The van der Waals surface area contributed by atoms with Gasteiger partial charge in [0.1, 0.15) is 18.0 Å². The molecule has 2 heterocycles. The molecule has 0 atom stereocenters. The lowest BCUT2D eigenvalue weighted by Crippen LogP contribution is -2.23. The third-order valence-corrected chi connectivity index (χ3v) is 2.94. The van der Waals surface area contributed by atoms with E-state index in [0.717, 1.165) is 50.8 Å². The molecule has 5 heteroatoms. The average molecular weight is 236 g/mol. The van der Waals surface area contributed by atoms with Gasteiger partial charge in [-0.1, -0.05) is 0 Å². The summed E-state index contributed by atoms with van der Waals surface area (Å²) < 4.78 is 5.34. The zero-order chi connectivity index (χ0) is 11.9. The lowest BCUT2D eigenvalue weighted by molar-refractivity contribution is 0.0699. The molecule has 0 aromatic carbocycles. The summed E-state index contributed by atoms with van der Waals surface area (Å²) in [6.07, 6.45) is 3.86. The molecule has 2 rings (SSSR count). The normalized spacial score (nSPS) is 16.8. The highest BCUT2D eigenvalue weighted by Crippen LogP contribution is 2.16. The van der Waals surface area contributed by atoms with Gasteiger partial charge >= 0.3 is 0 Å². The minimum atomic E-state index is 0.696. The first-order valence-corrected chi connectivity index (χ1v) is 6.26. The van der Waals surface area contributed by atoms with E-state index in [1.165, 1.54) is 0 Å². The maximum atomic E-state index is 5.34. The molecular formula is C12H20N4O. The van der Waals surface area contributed by atoms with Gasteiger partial charge in [0.05, 0.1) is 0 Å². The van der Waals surface area contributed by atoms with Crippen LogP contribution in [0.15, 0.2) is 12.4 Å². The third kappa shape index (κ3) is 3.85. The number of hydrogen-bond acceptors (Lipinski definition) is 5. The van der Waals surface area contributed by atoms with Gasteiger partial charge in [-0.15, -0.1) is 0 Å². The summed E-state index contributed by atoms with van der Waals surface area (Å²) in [5.74, 6) is 2.46. The molecule has 0 spiro atoms. The van der Waals surface area contributed by atoms with Crippen molar-refractivity contribution in [2.75, 3.05) is 36.9 Å². The maximum absolute atomic E-state index is 5.34. The van der Waals surface area contributed by atoms with E-state index in [1.54, 1.807) is 6.33 Å². The molecule has 0 radical (unpaired) electrons. The van der Waals surface area contributed by atoms with Gasteiger partial charge in [0, 0.05) is 32.4 Å². The second-order valence-corrected chi connectivity index (χ2v) is 4.26. The Kier molecular flexibility index (Phi) is 4.55. The van der Waals surface area contributed by atoms with Crippen molar-refractivity contribution in [3.63, 3.8) is 0 Å². The van der Waals surface area contributed by atoms with Crippen molar-refractivity contribution in [2.24, 2.45) is 5.92 Å².